The molecule has 1 aliphatic rings. The van der Waals surface area contributed by atoms with Crippen LogP contribution < -0.4 is 5.32 Å². The Morgan fingerprint density at radius 3 is 3.05 bits per heavy atom. The van der Waals surface area contributed by atoms with Crippen LogP contribution >= 0.6 is 0 Å². The maximum absolute atomic E-state index is 12.8. The van der Waals surface area contributed by atoms with Crippen LogP contribution in [0.3, 0.4) is 0 Å². The van der Waals surface area contributed by atoms with Gasteiger partial charge in [-0.15, -0.1) is 0 Å². The molecule has 7 heteroatoms. The van der Waals surface area contributed by atoms with E-state index in [1.54, 1.807) is 19.2 Å². The molecule has 6 nitrogen and oxygen atoms in total. The molecule has 1 N–H and O–H groups in total. The maximum atomic E-state index is 12.8. The Bertz CT molecular complexity index is 562. The van der Waals surface area contributed by atoms with Gasteiger partial charge in [-0.2, -0.15) is 4.31 Å². The van der Waals surface area contributed by atoms with Crippen molar-refractivity contribution in [3.63, 3.8) is 0 Å². The lowest BCUT2D eigenvalue weighted by atomic mass is 10.1. The second-order valence-corrected chi connectivity index (χ2v) is 7.00. The topological polar surface area (TPSA) is 71.5 Å². The van der Waals surface area contributed by atoms with Crippen molar-refractivity contribution in [2.24, 2.45) is 0 Å². The lowest BCUT2D eigenvalue weighted by Gasteiger charge is -2.31. The predicted molar refractivity (Wildman–Crippen MR) is 81.8 cm³/mol. The summed E-state index contributed by atoms with van der Waals surface area (Å²) in [5, 5.41) is 3.24. The van der Waals surface area contributed by atoms with Gasteiger partial charge in [-0.05, 0) is 31.4 Å². The van der Waals surface area contributed by atoms with E-state index in [0.717, 1.165) is 25.8 Å². The van der Waals surface area contributed by atoms with E-state index in [1.807, 2.05) is 6.92 Å². The Kier molecular flexibility index (Phi) is 5.55. The van der Waals surface area contributed by atoms with Gasteiger partial charge in [0.15, 0.2) is 5.03 Å². The van der Waals surface area contributed by atoms with Gasteiger partial charge in [-0.25, -0.2) is 13.4 Å². The van der Waals surface area contributed by atoms with Gasteiger partial charge >= 0.3 is 0 Å². The van der Waals surface area contributed by atoms with Crippen LogP contribution in [0.5, 0.6) is 0 Å². The number of sulfonamides is 1. The summed E-state index contributed by atoms with van der Waals surface area (Å²) < 4.78 is 32.4. The lowest BCUT2D eigenvalue weighted by Crippen LogP contribution is -2.43. The molecule has 2 heterocycles. The summed E-state index contributed by atoms with van der Waals surface area (Å²) in [5.74, 6) is 0. The number of piperidine rings is 1. The van der Waals surface area contributed by atoms with E-state index >= 15 is 0 Å². The molecule has 1 unspecified atom stereocenters. The SMILES string of the molecule is CCCNc1cccnc1S(=O)(=O)N1CCCC(OC)C1. The van der Waals surface area contributed by atoms with Gasteiger partial charge in [0.1, 0.15) is 0 Å². The summed E-state index contributed by atoms with van der Waals surface area (Å²) >= 11 is 0. The van der Waals surface area contributed by atoms with Crippen molar-refractivity contribution in [2.45, 2.75) is 37.3 Å². The summed E-state index contributed by atoms with van der Waals surface area (Å²) in [4.78, 5) is 4.10. The molecule has 0 bridgehead atoms. The van der Waals surface area contributed by atoms with Crippen molar-refractivity contribution in [1.29, 1.82) is 0 Å². The Hall–Kier alpha value is -1.18. The quantitative estimate of drug-likeness (QED) is 0.865. The number of nitrogens with zero attached hydrogens (tertiary/aromatic N) is 2. The fraction of sp³-hybridized carbons (Fsp3) is 0.643. The largest absolute Gasteiger partial charge is 0.383 e. The fourth-order valence-corrected chi connectivity index (χ4v) is 4.02. The molecule has 21 heavy (non-hydrogen) atoms. The minimum Gasteiger partial charge on any atom is -0.383 e. The van der Waals surface area contributed by atoms with Crippen LogP contribution in [0.25, 0.3) is 0 Å². The molecule has 1 fully saturated rings. The first-order valence-corrected chi connectivity index (χ1v) is 8.75. The Morgan fingerprint density at radius 1 is 1.52 bits per heavy atom. The number of ether oxygens (including phenoxy) is 1. The summed E-state index contributed by atoms with van der Waals surface area (Å²) in [7, 11) is -1.97. The van der Waals surface area contributed by atoms with Crippen molar-refractivity contribution < 1.29 is 13.2 Å². The number of pyridine rings is 1. The first kappa shape index (κ1) is 16.2. The van der Waals surface area contributed by atoms with Crippen molar-refractivity contribution >= 4 is 15.7 Å². The third-order valence-electron chi connectivity index (χ3n) is 3.60. The van der Waals surface area contributed by atoms with Crippen LogP contribution in [0.15, 0.2) is 23.4 Å². The summed E-state index contributed by atoms with van der Waals surface area (Å²) in [5.41, 5.74) is 0.568. The van der Waals surface area contributed by atoms with Crippen LogP contribution in [0.4, 0.5) is 5.69 Å². The molecule has 0 aliphatic carbocycles. The van der Waals surface area contributed by atoms with Crippen molar-refractivity contribution in [1.82, 2.24) is 9.29 Å². The summed E-state index contributed by atoms with van der Waals surface area (Å²) in [6, 6.07) is 3.50. The third-order valence-corrected chi connectivity index (χ3v) is 5.42. The van der Waals surface area contributed by atoms with E-state index in [9.17, 15) is 8.42 Å². The molecule has 0 radical (unpaired) electrons. The van der Waals surface area contributed by atoms with Crippen LogP contribution in [0, 0.1) is 0 Å². The molecule has 0 saturated carbocycles. The van der Waals surface area contributed by atoms with E-state index in [4.69, 9.17) is 4.74 Å². The fourth-order valence-electron chi connectivity index (χ4n) is 2.43. The molecule has 0 aromatic carbocycles. The molecular weight excluding hydrogens is 290 g/mol. The van der Waals surface area contributed by atoms with Crippen LogP contribution in [0.1, 0.15) is 26.2 Å². The van der Waals surface area contributed by atoms with Gasteiger partial charge in [0.2, 0.25) is 0 Å². The smallest absolute Gasteiger partial charge is 0.262 e. The molecule has 0 spiro atoms. The second-order valence-electron chi connectivity index (χ2n) is 5.15. The zero-order valence-electron chi connectivity index (χ0n) is 12.6. The van der Waals surface area contributed by atoms with Crippen LogP contribution in [-0.2, 0) is 14.8 Å². The number of methoxy groups -OCH3 is 1. The van der Waals surface area contributed by atoms with E-state index in [1.165, 1.54) is 10.5 Å². The zero-order valence-corrected chi connectivity index (χ0v) is 13.4. The number of nitrogens with one attached hydrogen (secondary N) is 1. The molecular formula is C14H23N3O3S. The molecule has 2 rings (SSSR count). The third kappa shape index (κ3) is 3.72. The monoisotopic (exact) mass is 313 g/mol. The normalized spacial score (nSPS) is 20.4. The van der Waals surface area contributed by atoms with Gasteiger partial charge < -0.3 is 10.1 Å². The van der Waals surface area contributed by atoms with Crippen molar-refractivity contribution in [3.8, 4) is 0 Å². The summed E-state index contributed by atoms with van der Waals surface area (Å²) in [6.45, 7) is 3.66. The Balaban J connectivity index is 2.26. The molecule has 1 saturated heterocycles. The van der Waals surface area contributed by atoms with Gasteiger partial charge in [-0.3, -0.25) is 0 Å². The highest BCUT2D eigenvalue weighted by atomic mass is 32.2. The summed E-state index contributed by atoms with van der Waals surface area (Å²) in [6.07, 6.45) is 4.10. The van der Waals surface area contributed by atoms with Crippen LogP contribution in [0.2, 0.25) is 0 Å². The molecule has 118 valence electrons. The van der Waals surface area contributed by atoms with Crippen molar-refractivity contribution in [2.75, 3.05) is 32.1 Å². The minimum absolute atomic E-state index is 0.0377. The number of hydrogen-bond donors (Lipinski definition) is 1. The lowest BCUT2D eigenvalue weighted by molar-refractivity contribution is 0.0571. The second kappa shape index (κ2) is 7.20. The van der Waals surface area contributed by atoms with E-state index in [0.29, 0.717) is 18.8 Å². The molecule has 1 atom stereocenters. The maximum Gasteiger partial charge on any atom is 0.262 e. The van der Waals surface area contributed by atoms with E-state index in [-0.39, 0.29) is 11.1 Å². The Morgan fingerprint density at radius 2 is 2.33 bits per heavy atom. The van der Waals surface area contributed by atoms with Crippen LogP contribution in [-0.4, -0.2) is 50.6 Å². The highest BCUT2D eigenvalue weighted by molar-refractivity contribution is 7.89. The van der Waals surface area contributed by atoms with Gasteiger partial charge in [0, 0.05) is 32.9 Å². The van der Waals surface area contributed by atoms with Gasteiger partial charge in [0.25, 0.3) is 10.0 Å². The standard InChI is InChI=1S/C14H23N3O3S/c1-3-8-15-13-7-4-9-16-14(13)21(18,19)17-10-5-6-12(11-17)20-2/h4,7,9,12,15H,3,5-6,8,10-11H2,1-2H3. The van der Waals surface area contributed by atoms with Gasteiger partial charge in [0.05, 0.1) is 11.8 Å². The molecule has 0 amide bonds. The average Bonchev–Trinajstić information content (AvgIpc) is 2.53. The van der Waals surface area contributed by atoms with Crippen molar-refractivity contribution in [3.05, 3.63) is 18.3 Å². The highest BCUT2D eigenvalue weighted by Gasteiger charge is 2.32. The molecule has 1 aromatic heterocycles. The number of rotatable bonds is 6. The minimum atomic E-state index is -3.59. The molecule has 1 aliphatic heterocycles. The van der Waals surface area contributed by atoms with Gasteiger partial charge in [-0.1, -0.05) is 6.92 Å². The number of anilines is 1. The highest BCUT2D eigenvalue weighted by Crippen LogP contribution is 2.25. The molecule has 1 aromatic rings. The zero-order chi connectivity index (χ0) is 15.3. The Labute approximate surface area is 126 Å². The number of aromatic nitrogens is 1. The first-order valence-electron chi connectivity index (χ1n) is 7.31. The number of hydrogen-bond acceptors (Lipinski definition) is 5. The average molecular weight is 313 g/mol. The van der Waals surface area contributed by atoms with E-state index in [2.05, 4.69) is 10.3 Å². The first-order chi connectivity index (χ1) is 10.1. The predicted octanol–water partition coefficient (Wildman–Crippen LogP) is 1.70. The van der Waals surface area contributed by atoms with E-state index < -0.39 is 10.0 Å².